The van der Waals surface area contributed by atoms with E-state index < -0.39 is 0 Å². The smallest absolute Gasteiger partial charge is 0.200 e. The molecule has 1 aromatic rings. The van der Waals surface area contributed by atoms with E-state index in [1.165, 1.54) is 26.4 Å². The Morgan fingerprint density at radius 2 is 1.53 bits per heavy atom. The topological polar surface area (TPSA) is 55.8 Å². The van der Waals surface area contributed by atoms with Crippen molar-refractivity contribution in [1.29, 1.82) is 0 Å². The number of rotatable bonds is 3. The van der Waals surface area contributed by atoms with Crippen LogP contribution in [0.5, 0.6) is 17.2 Å². The first kappa shape index (κ1) is 13.3. The molecule has 4 heteroatoms. The number of aromatic hydroxyl groups is 1. The van der Waals surface area contributed by atoms with Gasteiger partial charge in [0.05, 0.1) is 14.2 Å². The molecular weight excluding hydrogens is 196 g/mol. The molecule has 0 radical (unpaired) electrons. The van der Waals surface area contributed by atoms with Crippen LogP contribution in [0.15, 0.2) is 12.1 Å². The van der Waals surface area contributed by atoms with E-state index in [1.54, 1.807) is 0 Å². The molecule has 0 aromatic heterocycles. The minimum Gasteiger partial charge on any atom is -0.502 e. The highest BCUT2D eigenvalue weighted by Gasteiger charge is 2.10. The average molecular weight is 212 g/mol. The third-order valence-corrected chi connectivity index (χ3v) is 1.64. The molecule has 4 nitrogen and oxygen atoms in total. The Labute approximate surface area is 89.4 Å². The van der Waals surface area contributed by atoms with Gasteiger partial charge in [-0.25, -0.2) is 0 Å². The number of carbonyl (C=O) groups excluding carboxylic acids is 1. The normalized spacial score (nSPS) is 8.53. The first-order valence-electron chi connectivity index (χ1n) is 4.63. The number of phenolic OH excluding ortho intramolecular Hbond substituents is 1. The fourth-order valence-electron chi connectivity index (χ4n) is 0.982. The molecule has 0 fully saturated rings. The zero-order chi connectivity index (χ0) is 11.8. The lowest BCUT2D eigenvalue weighted by molar-refractivity contribution is 0.112. The molecule has 0 aliphatic carbocycles. The predicted molar refractivity (Wildman–Crippen MR) is 57.9 cm³/mol. The second-order valence-corrected chi connectivity index (χ2v) is 2.39. The molecule has 0 atom stereocenters. The summed E-state index contributed by atoms with van der Waals surface area (Å²) in [6.45, 7) is 4.00. The van der Waals surface area contributed by atoms with Crippen LogP contribution in [0, 0.1) is 0 Å². The van der Waals surface area contributed by atoms with Crippen molar-refractivity contribution in [3.8, 4) is 17.2 Å². The van der Waals surface area contributed by atoms with E-state index in [1.807, 2.05) is 13.8 Å². The van der Waals surface area contributed by atoms with Crippen molar-refractivity contribution < 1.29 is 19.4 Å². The number of carbonyl (C=O) groups is 1. The fraction of sp³-hybridized carbons (Fsp3) is 0.364. The van der Waals surface area contributed by atoms with Gasteiger partial charge in [-0.1, -0.05) is 13.8 Å². The lowest BCUT2D eigenvalue weighted by atomic mass is 10.2. The molecule has 84 valence electrons. The maximum absolute atomic E-state index is 10.5. The van der Waals surface area contributed by atoms with Gasteiger partial charge in [-0.2, -0.15) is 0 Å². The molecule has 1 N–H and O–H groups in total. The third-order valence-electron chi connectivity index (χ3n) is 1.64. The summed E-state index contributed by atoms with van der Waals surface area (Å²) in [4.78, 5) is 10.5. The lowest BCUT2D eigenvalue weighted by Gasteiger charge is -2.08. The monoisotopic (exact) mass is 212 g/mol. The van der Waals surface area contributed by atoms with Gasteiger partial charge in [-0.3, -0.25) is 4.79 Å². The van der Waals surface area contributed by atoms with Crippen molar-refractivity contribution in [1.82, 2.24) is 0 Å². The van der Waals surface area contributed by atoms with Gasteiger partial charge in [0.25, 0.3) is 0 Å². The second-order valence-electron chi connectivity index (χ2n) is 2.39. The summed E-state index contributed by atoms with van der Waals surface area (Å²) in [6.07, 6.45) is 0.657. The third kappa shape index (κ3) is 3.16. The van der Waals surface area contributed by atoms with E-state index in [-0.39, 0.29) is 17.2 Å². The number of ether oxygens (including phenoxy) is 2. The van der Waals surface area contributed by atoms with Gasteiger partial charge in [-0.15, -0.1) is 0 Å². The number of methoxy groups -OCH3 is 2. The first-order valence-corrected chi connectivity index (χ1v) is 4.63. The summed E-state index contributed by atoms with van der Waals surface area (Å²) in [5.41, 5.74) is 0.395. The zero-order valence-corrected chi connectivity index (χ0v) is 9.40. The Morgan fingerprint density at radius 3 is 1.80 bits per heavy atom. The molecule has 0 saturated carbocycles. The van der Waals surface area contributed by atoms with Gasteiger partial charge < -0.3 is 14.6 Å². The minimum absolute atomic E-state index is 0.101. The van der Waals surface area contributed by atoms with E-state index in [0.29, 0.717) is 11.8 Å². The average Bonchev–Trinajstić information content (AvgIpc) is 2.32. The SMILES string of the molecule is CC.COc1cc(C=O)cc(OC)c1O. The van der Waals surface area contributed by atoms with E-state index in [0.717, 1.165) is 0 Å². The van der Waals surface area contributed by atoms with Gasteiger partial charge >= 0.3 is 0 Å². The maximum atomic E-state index is 10.5. The Balaban J connectivity index is 0.000000921. The zero-order valence-electron chi connectivity index (χ0n) is 9.40. The summed E-state index contributed by atoms with van der Waals surface area (Å²) < 4.78 is 9.68. The van der Waals surface area contributed by atoms with Gasteiger partial charge in [0.2, 0.25) is 5.75 Å². The molecule has 1 rings (SSSR count). The Bertz CT molecular complexity index is 295. The van der Waals surface area contributed by atoms with Crippen LogP contribution in [0.4, 0.5) is 0 Å². The van der Waals surface area contributed by atoms with Gasteiger partial charge in [0.1, 0.15) is 6.29 Å². The van der Waals surface area contributed by atoms with Crippen LogP contribution in [0.1, 0.15) is 24.2 Å². The van der Waals surface area contributed by atoms with Crippen LogP contribution >= 0.6 is 0 Å². The molecule has 0 spiro atoms. The van der Waals surface area contributed by atoms with Crippen LogP contribution in [0.25, 0.3) is 0 Å². The molecule has 0 bridgehead atoms. The summed E-state index contributed by atoms with van der Waals surface area (Å²) >= 11 is 0. The Hall–Kier alpha value is -1.71. The molecule has 0 unspecified atom stereocenters. The molecule has 0 saturated heterocycles. The summed E-state index contributed by atoms with van der Waals surface area (Å²) in [5.74, 6) is 0.346. The largest absolute Gasteiger partial charge is 0.502 e. The van der Waals surface area contributed by atoms with Crippen LogP contribution < -0.4 is 9.47 Å². The van der Waals surface area contributed by atoms with E-state index in [4.69, 9.17) is 9.47 Å². The van der Waals surface area contributed by atoms with Gasteiger partial charge in [-0.05, 0) is 12.1 Å². The van der Waals surface area contributed by atoms with Crippen LogP contribution in [-0.2, 0) is 0 Å². The van der Waals surface area contributed by atoms with Gasteiger partial charge in [0.15, 0.2) is 11.5 Å². The van der Waals surface area contributed by atoms with Crippen molar-refractivity contribution in [3.63, 3.8) is 0 Å². The lowest BCUT2D eigenvalue weighted by Crippen LogP contribution is -1.91. The first-order chi connectivity index (χ1) is 7.22. The second kappa shape index (κ2) is 6.70. The highest BCUT2D eigenvalue weighted by Crippen LogP contribution is 2.36. The molecule has 0 aliphatic heterocycles. The van der Waals surface area contributed by atoms with Gasteiger partial charge in [0, 0.05) is 5.56 Å². The Kier molecular flexibility index (Phi) is 5.94. The van der Waals surface area contributed by atoms with Crippen LogP contribution in [0.3, 0.4) is 0 Å². The number of benzene rings is 1. The van der Waals surface area contributed by atoms with Crippen molar-refractivity contribution in [2.75, 3.05) is 14.2 Å². The summed E-state index contributed by atoms with van der Waals surface area (Å²) in [7, 11) is 2.81. The predicted octanol–water partition coefficient (Wildman–Crippen LogP) is 2.25. The summed E-state index contributed by atoms with van der Waals surface area (Å²) in [5, 5.41) is 9.44. The number of hydrogen-bond acceptors (Lipinski definition) is 4. The van der Waals surface area contributed by atoms with Crippen LogP contribution in [-0.4, -0.2) is 25.6 Å². The van der Waals surface area contributed by atoms with Crippen LogP contribution in [0.2, 0.25) is 0 Å². The molecule has 0 heterocycles. The number of hydrogen-bond donors (Lipinski definition) is 1. The molecule has 1 aromatic carbocycles. The Morgan fingerprint density at radius 1 is 1.13 bits per heavy atom. The molecule has 0 aliphatic rings. The maximum Gasteiger partial charge on any atom is 0.200 e. The number of aldehydes is 1. The van der Waals surface area contributed by atoms with E-state index in [2.05, 4.69) is 0 Å². The minimum atomic E-state index is -0.101. The standard InChI is InChI=1S/C9H10O4.C2H6/c1-12-7-3-6(5-10)4-8(13-2)9(7)11;1-2/h3-5,11H,1-2H3;1-2H3. The highest BCUT2D eigenvalue weighted by atomic mass is 16.5. The quantitative estimate of drug-likeness (QED) is 0.781. The van der Waals surface area contributed by atoms with Crippen molar-refractivity contribution in [2.45, 2.75) is 13.8 Å². The number of phenols is 1. The highest BCUT2D eigenvalue weighted by molar-refractivity contribution is 5.78. The van der Waals surface area contributed by atoms with Crippen molar-refractivity contribution in [2.24, 2.45) is 0 Å². The molecule has 15 heavy (non-hydrogen) atoms. The molecular formula is C11H16O4. The van der Waals surface area contributed by atoms with Crippen molar-refractivity contribution in [3.05, 3.63) is 17.7 Å². The van der Waals surface area contributed by atoms with E-state index >= 15 is 0 Å². The fourth-order valence-corrected chi connectivity index (χ4v) is 0.982. The summed E-state index contributed by atoms with van der Waals surface area (Å²) in [6, 6.07) is 2.87. The molecule has 0 amide bonds. The van der Waals surface area contributed by atoms with Crippen molar-refractivity contribution >= 4 is 6.29 Å². The van der Waals surface area contributed by atoms with E-state index in [9.17, 15) is 9.90 Å².